The van der Waals surface area contributed by atoms with Crippen LogP contribution in [0.15, 0.2) is 36.4 Å². The van der Waals surface area contributed by atoms with Gasteiger partial charge in [-0.2, -0.15) is 18.4 Å². The highest BCUT2D eigenvalue weighted by molar-refractivity contribution is 5.95. The number of hydrogen-bond donors (Lipinski definition) is 0. The predicted octanol–water partition coefficient (Wildman–Crippen LogP) is 3.27. The van der Waals surface area contributed by atoms with Crippen LogP contribution in [0.1, 0.15) is 21.5 Å². The zero-order valence-corrected chi connectivity index (χ0v) is 15.2. The number of nitriles is 1. The van der Waals surface area contributed by atoms with Crippen LogP contribution in [0.2, 0.25) is 0 Å². The van der Waals surface area contributed by atoms with Gasteiger partial charge in [0, 0.05) is 37.4 Å². The molecule has 0 saturated carbocycles. The van der Waals surface area contributed by atoms with Gasteiger partial charge in [0.1, 0.15) is 0 Å². The summed E-state index contributed by atoms with van der Waals surface area (Å²) in [6, 6.07) is 10.2. The molecule has 2 aromatic rings. The van der Waals surface area contributed by atoms with Crippen molar-refractivity contribution in [3.63, 3.8) is 0 Å². The number of piperazine rings is 1. The predicted molar refractivity (Wildman–Crippen MR) is 96.8 cm³/mol. The van der Waals surface area contributed by atoms with Crippen LogP contribution < -0.4 is 14.4 Å². The Bertz CT molecular complexity index is 993. The molecule has 2 aliphatic heterocycles. The lowest BCUT2D eigenvalue weighted by molar-refractivity contribution is -0.137. The first-order chi connectivity index (χ1) is 13.9. The molecule has 0 aliphatic carbocycles. The molecule has 0 aromatic heterocycles. The summed E-state index contributed by atoms with van der Waals surface area (Å²) >= 11 is 0. The fourth-order valence-corrected chi connectivity index (χ4v) is 3.47. The van der Waals surface area contributed by atoms with Crippen molar-refractivity contribution in [2.45, 2.75) is 6.18 Å². The number of halogens is 3. The van der Waals surface area contributed by atoms with E-state index in [0.717, 1.165) is 6.07 Å². The fraction of sp³-hybridized carbons (Fsp3) is 0.300. The van der Waals surface area contributed by atoms with E-state index in [1.54, 1.807) is 34.1 Å². The molecule has 2 aliphatic rings. The summed E-state index contributed by atoms with van der Waals surface area (Å²) in [7, 11) is 0. The SMILES string of the molecule is N#Cc1ccc(N2CCN(C(=O)c3ccc4c(c3)OCO4)CC2)c(C(F)(F)F)c1. The second-order valence-corrected chi connectivity index (χ2v) is 6.69. The van der Waals surface area contributed by atoms with Crippen molar-refractivity contribution in [2.24, 2.45) is 0 Å². The summed E-state index contributed by atoms with van der Waals surface area (Å²) in [6.07, 6.45) is -4.57. The molecule has 9 heteroatoms. The molecule has 2 heterocycles. The van der Waals surface area contributed by atoms with Crippen molar-refractivity contribution >= 4 is 11.6 Å². The molecule has 150 valence electrons. The van der Waals surface area contributed by atoms with Crippen LogP contribution in [-0.2, 0) is 6.18 Å². The van der Waals surface area contributed by atoms with E-state index in [2.05, 4.69) is 0 Å². The van der Waals surface area contributed by atoms with Gasteiger partial charge in [0.25, 0.3) is 5.91 Å². The number of amides is 1. The zero-order valence-electron chi connectivity index (χ0n) is 15.2. The van der Waals surface area contributed by atoms with Gasteiger partial charge < -0.3 is 19.3 Å². The Labute approximate surface area is 164 Å². The molecule has 2 aromatic carbocycles. The van der Waals surface area contributed by atoms with Crippen molar-refractivity contribution in [3.05, 3.63) is 53.1 Å². The summed E-state index contributed by atoms with van der Waals surface area (Å²) < 4.78 is 50.8. The van der Waals surface area contributed by atoms with Crippen LogP contribution in [0.5, 0.6) is 11.5 Å². The van der Waals surface area contributed by atoms with Crippen molar-refractivity contribution in [2.75, 3.05) is 37.9 Å². The number of alkyl halides is 3. The summed E-state index contributed by atoms with van der Waals surface area (Å²) in [4.78, 5) is 15.9. The van der Waals surface area contributed by atoms with E-state index < -0.39 is 11.7 Å². The van der Waals surface area contributed by atoms with Crippen molar-refractivity contribution in [1.82, 2.24) is 4.90 Å². The maximum absolute atomic E-state index is 13.4. The fourth-order valence-electron chi connectivity index (χ4n) is 3.47. The number of rotatable bonds is 2. The van der Waals surface area contributed by atoms with Gasteiger partial charge in [0.2, 0.25) is 6.79 Å². The standard InChI is InChI=1S/C20H16F3N3O3/c21-20(22,23)15-9-13(11-24)1-3-16(15)25-5-7-26(8-6-25)19(27)14-2-4-17-18(10-14)29-12-28-17/h1-4,9-10H,5-8,12H2. The Balaban J connectivity index is 1.49. The number of carbonyl (C=O) groups excluding carboxylic acids is 1. The average Bonchev–Trinajstić information content (AvgIpc) is 3.20. The lowest BCUT2D eigenvalue weighted by Gasteiger charge is -2.37. The monoisotopic (exact) mass is 403 g/mol. The number of anilines is 1. The molecule has 0 atom stereocenters. The highest BCUT2D eigenvalue weighted by atomic mass is 19.4. The smallest absolute Gasteiger partial charge is 0.418 e. The largest absolute Gasteiger partial charge is 0.454 e. The quantitative estimate of drug-likeness (QED) is 0.770. The third kappa shape index (κ3) is 3.66. The number of hydrogen-bond acceptors (Lipinski definition) is 5. The minimum absolute atomic E-state index is 0.0201. The highest BCUT2D eigenvalue weighted by Crippen LogP contribution is 2.38. The van der Waals surface area contributed by atoms with E-state index in [4.69, 9.17) is 14.7 Å². The van der Waals surface area contributed by atoms with Gasteiger partial charge in [-0.05, 0) is 36.4 Å². The molecule has 6 nitrogen and oxygen atoms in total. The van der Waals surface area contributed by atoms with Crippen LogP contribution in [0.4, 0.5) is 18.9 Å². The van der Waals surface area contributed by atoms with E-state index in [9.17, 15) is 18.0 Å². The molecule has 0 unspecified atom stereocenters. The Morgan fingerprint density at radius 1 is 1.00 bits per heavy atom. The third-order valence-corrected chi connectivity index (χ3v) is 4.96. The number of ether oxygens (including phenoxy) is 2. The molecule has 29 heavy (non-hydrogen) atoms. The van der Waals surface area contributed by atoms with Crippen molar-refractivity contribution in [1.29, 1.82) is 5.26 Å². The number of carbonyl (C=O) groups is 1. The molecule has 0 spiro atoms. The van der Waals surface area contributed by atoms with Gasteiger partial charge in [0.15, 0.2) is 11.5 Å². The van der Waals surface area contributed by atoms with E-state index in [1.807, 2.05) is 0 Å². The second kappa shape index (κ2) is 7.20. The van der Waals surface area contributed by atoms with Crippen molar-refractivity contribution in [3.8, 4) is 17.6 Å². The second-order valence-electron chi connectivity index (χ2n) is 6.69. The average molecular weight is 403 g/mol. The molecular formula is C20H16F3N3O3. The van der Waals surface area contributed by atoms with Crippen LogP contribution >= 0.6 is 0 Å². The lowest BCUT2D eigenvalue weighted by atomic mass is 10.1. The van der Waals surface area contributed by atoms with Crippen LogP contribution in [-0.4, -0.2) is 43.8 Å². The van der Waals surface area contributed by atoms with Gasteiger partial charge in [0.05, 0.1) is 17.2 Å². The van der Waals surface area contributed by atoms with Gasteiger partial charge in [-0.1, -0.05) is 0 Å². The van der Waals surface area contributed by atoms with E-state index in [-0.39, 0.29) is 50.1 Å². The summed E-state index contributed by atoms with van der Waals surface area (Å²) in [5, 5.41) is 8.90. The van der Waals surface area contributed by atoms with Gasteiger partial charge in [-0.15, -0.1) is 0 Å². The Morgan fingerprint density at radius 2 is 1.72 bits per heavy atom. The summed E-state index contributed by atoms with van der Waals surface area (Å²) in [6.45, 7) is 1.18. The van der Waals surface area contributed by atoms with Gasteiger partial charge >= 0.3 is 6.18 Å². The Kier molecular flexibility index (Phi) is 4.70. The van der Waals surface area contributed by atoms with Crippen LogP contribution in [0.25, 0.3) is 0 Å². The third-order valence-electron chi connectivity index (χ3n) is 4.96. The molecule has 0 N–H and O–H groups in total. The molecule has 4 rings (SSSR count). The van der Waals surface area contributed by atoms with Crippen LogP contribution in [0, 0.1) is 11.3 Å². The van der Waals surface area contributed by atoms with Gasteiger partial charge in [-0.25, -0.2) is 0 Å². The van der Waals surface area contributed by atoms with E-state index >= 15 is 0 Å². The maximum atomic E-state index is 13.4. The lowest BCUT2D eigenvalue weighted by Crippen LogP contribution is -2.49. The topological polar surface area (TPSA) is 65.8 Å². The van der Waals surface area contributed by atoms with Gasteiger partial charge in [-0.3, -0.25) is 4.79 Å². The van der Waals surface area contributed by atoms with Crippen LogP contribution in [0.3, 0.4) is 0 Å². The molecule has 0 bridgehead atoms. The number of nitrogens with zero attached hydrogens (tertiary/aromatic N) is 3. The zero-order chi connectivity index (χ0) is 20.6. The van der Waals surface area contributed by atoms with Crippen molar-refractivity contribution < 1.29 is 27.4 Å². The minimum atomic E-state index is -4.57. The summed E-state index contributed by atoms with van der Waals surface area (Å²) in [5.74, 6) is 0.868. The first-order valence-corrected chi connectivity index (χ1v) is 8.92. The Hall–Kier alpha value is -3.41. The maximum Gasteiger partial charge on any atom is 0.418 e. The molecule has 1 saturated heterocycles. The molecule has 1 amide bonds. The minimum Gasteiger partial charge on any atom is -0.454 e. The first-order valence-electron chi connectivity index (χ1n) is 8.92. The molecule has 0 radical (unpaired) electrons. The first kappa shape index (κ1) is 18.9. The normalized spacial score (nSPS) is 15.9. The molecule has 1 fully saturated rings. The Morgan fingerprint density at radius 3 is 2.41 bits per heavy atom. The highest BCUT2D eigenvalue weighted by Gasteiger charge is 2.36. The molecular weight excluding hydrogens is 387 g/mol. The number of fused-ring (bicyclic) bond motifs is 1. The summed E-state index contributed by atoms with van der Waals surface area (Å²) in [5.41, 5.74) is -0.423. The van der Waals surface area contributed by atoms with E-state index in [0.29, 0.717) is 17.1 Å². The number of benzene rings is 2. The van der Waals surface area contributed by atoms with E-state index in [1.165, 1.54) is 12.1 Å².